The van der Waals surface area contributed by atoms with Crippen molar-refractivity contribution in [1.29, 1.82) is 0 Å². The van der Waals surface area contributed by atoms with Gasteiger partial charge in [0, 0.05) is 32.2 Å². The van der Waals surface area contributed by atoms with Crippen LogP contribution in [0.4, 0.5) is 4.79 Å². The molecule has 1 aromatic carbocycles. The van der Waals surface area contributed by atoms with E-state index < -0.39 is 0 Å². The lowest BCUT2D eigenvalue weighted by Gasteiger charge is -2.33. The molecule has 2 amide bonds. The van der Waals surface area contributed by atoms with Crippen molar-refractivity contribution >= 4 is 6.03 Å². The molecule has 1 N–H and O–H groups in total. The Bertz CT molecular complexity index is 654. The van der Waals surface area contributed by atoms with Crippen LogP contribution in [0, 0.1) is 0 Å². The summed E-state index contributed by atoms with van der Waals surface area (Å²) >= 11 is 0. The summed E-state index contributed by atoms with van der Waals surface area (Å²) < 4.78 is 10.8. The average molecular weight is 357 g/mol. The maximum Gasteiger partial charge on any atom is 0.318 e. The van der Waals surface area contributed by atoms with E-state index in [1.54, 1.807) is 11.2 Å². The molecule has 1 saturated heterocycles. The number of hydrogen-bond donors (Lipinski definition) is 1. The molecule has 1 aliphatic heterocycles. The van der Waals surface area contributed by atoms with Gasteiger partial charge in [0.05, 0.1) is 26.0 Å². The molecule has 2 heterocycles. The molecule has 1 aliphatic rings. The molecule has 0 saturated carbocycles. The zero-order chi connectivity index (χ0) is 18.2. The van der Waals surface area contributed by atoms with Gasteiger partial charge < -0.3 is 19.4 Å². The highest BCUT2D eigenvalue weighted by atomic mass is 16.5. The second-order valence-corrected chi connectivity index (χ2v) is 6.60. The minimum atomic E-state index is -0.0784. The highest BCUT2D eigenvalue weighted by Gasteiger charge is 2.20. The fraction of sp³-hybridized carbons (Fsp3) is 0.450. The number of furan rings is 1. The van der Waals surface area contributed by atoms with Crippen LogP contribution < -0.4 is 5.32 Å². The van der Waals surface area contributed by atoms with Crippen LogP contribution in [0.3, 0.4) is 0 Å². The maximum atomic E-state index is 12.8. The molecule has 26 heavy (non-hydrogen) atoms. The van der Waals surface area contributed by atoms with Gasteiger partial charge in [0.1, 0.15) is 5.76 Å². The van der Waals surface area contributed by atoms with Crippen LogP contribution in [0.25, 0.3) is 0 Å². The molecule has 2 aromatic rings. The molecule has 6 heteroatoms. The third-order valence-corrected chi connectivity index (χ3v) is 4.65. The number of nitrogens with zero attached hydrogens (tertiary/aromatic N) is 2. The van der Waals surface area contributed by atoms with Crippen molar-refractivity contribution in [2.24, 2.45) is 0 Å². The molecule has 1 unspecified atom stereocenters. The molecule has 0 spiro atoms. The molecule has 0 aliphatic carbocycles. The maximum absolute atomic E-state index is 12.8. The van der Waals surface area contributed by atoms with E-state index >= 15 is 0 Å². The van der Waals surface area contributed by atoms with E-state index in [0.29, 0.717) is 19.6 Å². The first-order chi connectivity index (χ1) is 12.7. The topological polar surface area (TPSA) is 58.0 Å². The van der Waals surface area contributed by atoms with Crippen LogP contribution in [0.5, 0.6) is 0 Å². The second kappa shape index (κ2) is 9.40. The van der Waals surface area contributed by atoms with Crippen LogP contribution in [-0.2, 0) is 17.8 Å². The molecule has 3 rings (SSSR count). The van der Waals surface area contributed by atoms with Gasteiger partial charge in [0.15, 0.2) is 0 Å². The van der Waals surface area contributed by atoms with Crippen molar-refractivity contribution in [3.8, 4) is 0 Å². The molecule has 1 atom stereocenters. The number of carbonyl (C=O) groups excluding carboxylic acids is 1. The SMILES string of the molecule is CC(CNC(=O)N(Cc1ccccc1)Cc1ccco1)N1CCOCC1. The number of ether oxygens (including phenoxy) is 1. The Kier molecular flexibility index (Phi) is 6.68. The van der Waals surface area contributed by atoms with Gasteiger partial charge in [-0.3, -0.25) is 4.90 Å². The number of urea groups is 1. The zero-order valence-electron chi connectivity index (χ0n) is 15.3. The van der Waals surface area contributed by atoms with E-state index in [0.717, 1.165) is 37.6 Å². The minimum Gasteiger partial charge on any atom is -0.467 e. The summed E-state index contributed by atoms with van der Waals surface area (Å²) in [5.41, 5.74) is 1.09. The van der Waals surface area contributed by atoms with Gasteiger partial charge in [-0.05, 0) is 24.6 Å². The summed E-state index contributed by atoms with van der Waals surface area (Å²) in [5.74, 6) is 0.775. The van der Waals surface area contributed by atoms with Gasteiger partial charge in [-0.15, -0.1) is 0 Å². The number of amides is 2. The van der Waals surface area contributed by atoms with Gasteiger partial charge in [0.25, 0.3) is 0 Å². The number of hydrogen-bond acceptors (Lipinski definition) is 4. The Morgan fingerprint density at radius 1 is 1.15 bits per heavy atom. The molecule has 1 fully saturated rings. The molecule has 0 radical (unpaired) electrons. The second-order valence-electron chi connectivity index (χ2n) is 6.60. The molecule has 1 aromatic heterocycles. The van der Waals surface area contributed by atoms with Crippen LogP contribution in [0.2, 0.25) is 0 Å². The van der Waals surface area contributed by atoms with Crippen molar-refractivity contribution in [2.45, 2.75) is 26.1 Å². The van der Waals surface area contributed by atoms with Gasteiger partial charge in [-0.25, -0.2) is 4.79 Å². The van der Waals surface area contributed by atoms with Crippen molar-refractivity contribution in [1.82, 2.24) is 15.1 Å². The Morgan fingerprint density at radius 3 is 2.62 bits per heavy atom. The third-order valence-electron chi connectivity index (χ3n) is 4.65. The predicted octanol–water partition coefficient (Wildman–Crippen LogP) is 2.71. The number of rotatable bonds is 7. The Hall–Kier alpha value is -2.31. The van der Waals surface area contributed by atoms with E-state index in [4.69, 9.17) is 9.15 Å². The van der Waals surface area contributed by atoms with Gasteiger partial charge in [0.2, 0.25) is 0 Å². The van der Waals surface area contributed by atoms with Gasteiger partial charge >= 0.3 is 6.03 Å². The van der Waals surface area contributed by atoms with Crippen molar-refractivity contribution in [3.63, 3.8) is 0 Å². The van der Waals surface area contributed by atoms with Crippen LogP contribution in [0.1, 0.15) is 18.2 Å². The van der Waals surface area contributed by atoms with E-state index in [1.807, 2.05) is 42.5 Å². The van der Waals surface area contributed by atoms with Crippen LogP contribution >= 0.6 is 0 Å². The first kappa shape index (κ1) is 18.5. The number of nitrogens with one attached hydrogen (secondary N) is 1. The Labute approximate surface area is 154 Å². The summed E-state index contributed by atoms with van der Waals surface area (Å²) in [7, 11) is 0. The summed E-state index contributed by atoms with van der Waals surface area (Å²) in [6.07, 6.45) is 1.63. The number of benzene rings is 1. The molecular weight excluding hydrogens is 330 g/mol. The van der Waals surface area contributed by atoms with E-state index in [2.05, 4.69) is 17.1 Å². The van der Waals surface area contributed by atoms with Gasteiger partial charge in [-0.2, -0.15) is 0 Å². The summed E-state index contributed by atoms with van der Waals surface area (Å²) in [6.45, 7) is 7.09. The first-order valence-corrected chi connectivity index (χ1v) is 9.13. The zero-order valence-corrected chi connectivity index (χ0v) is 15.3. The smallest absolute Gasteiger partial charge is 0.318 e. The van der Waals surface area contributed by atoms with E-state index in [9.17, 15) is 4.79 Å². The fourth-order valence-corrected chi connectivity index (χ4v) is 3.09. The number of carbonyl (C=O) groups is 1. The summed E-state index contributed by atoms with van der Waals surface area (Å²) in [5, 5.41) is 3.08. The minimum absolute atomic E-state index is 0.0784. The monoisotopic (exact) mass is 357 g/mol. The largest absolute Gasteiger partial charge is 0.467 e. The first-order valence-electron chi connectivity index (χ1n) is 9.13. The highest BCUT2D eigenvalue weighted by molar-refractivity contribution is 5.74. The third kappa shape index (κ3) is 5.34. The Morgan fingerprint density at radius 2 is 1.92 bits per heavy atom. The normalized spacial score (nSPS) is 16.2. The van der Waals surface area contributed by atoms with E-state index in [1.165, 1.54) is 0 Å². The lowest BCUT2D eigenvalue weighted by Crippen LogP contribution is -2.49. The lowest BCUT2D eigenvalue weighted by atomic mass is 10.2. The Balaban J connectivity index is 1.58. The summed E-state index contributed by atoms with van der Waals surface area (Å²) in [6, 6.07) is 13.9. The highest BCUT2D eigenvalue weighted by Crippen LogP contribution is 2.11. The van der Waals surface area contributed by atoms with Crippen molar-refractivity contribution < 1.29 is 13.9 Å². The van der Waals surface area contributed by atoms with Gasteiger partial charge in [-0.1, -0.05) is 30.3 Å². The van der Waals surface area contributed by atoms with Crippen molar-refractivity contribution in [3.05, 3.63) is 60.1 Å². The molecule has 6 nitrogen and oxygen atoms in total. The van der Waals surface area contributed by atoms with E-state index in [-0.39, 0.29) is 12.1 Å². The molecular formula is C20H27N3O3. The molecule has 140 valence electrons. The van der Waals surface area contributed by atoms with Crippen LogP contribution in [0.15, 0.2) is 53.1 Å². The van der Waals surface area contributed by atoms with Crippen molar-refractivity contribution in [2.75, 3.05) is 32.8 Å². The quantitative estimate of drug-likeness (QED) is 0.828. The average Bonchev–Trinajstić information content (AvgIpc) is 3.20. The lowest BCUT2D eigenvalue weighted by molar-refractivity contribution is 0.0206. The number of morpholine rings is 1. The fourth-order valence-electron chi connectivity index (χ4n) is 3.09. The standard InChI is InChI=1S/C20H27N3O3/c1-17(22-9-12-25-13-10-22)14-21-20(24)23(16-19-8-5-11-26-19)15-18-6-3-2-4-7-18/h2-8,11,17H,9-10,12-16H2,1H3,(H,21,24). The summed E-state index contributed by atoms with van der Waals surface area (Å²) in [4.78, 5) is 16.9. The predicted molar refractivity (Wildman–Crippen MR) is 99.6 cm³/mol. The molecule has 0 bridgehead atoms. The van der Waals surface area contributed by atoms with Crippen LogP contribution in [-0.4, -0.2) is 54.7 Å².